The Morgan fingerprint density at radius 3 is 2.76 bits per heavy atom. The number of anilines is 1. The van der Waals surface area contributed by atoms with Crippen LogP contribution in [-0.2, 0) is 4.79 Å². The van der Waals surface area contributed by atoms with E-state index >= 15 is 0 Å². The van der Waals surface area contributed by atoms with Crippen LogP contribution in [0.2, 0.25) is 0 Å². The normalized spacial score (nSPS) is 17.7. The van der Waals surface area contributed by atoms with Crippen LogP contribution in [0.25, 0.3) is 0 Å². The van der Waals surface area contributed by atoms with Crippen molar-refractivity contribution in [1.29, 1.82) is 0 Å². The van der Waals surface area contributed by atoms with E-state index in [9.17, 15) is 9.18 Å². The maximum absolute atomic E-state index is 14.0. The number of rotatable bonds is 6. The van der Waals surface area contributed by atoms with Gasteiger partial charge in [-0.1, -0.05) is 13.3 Å². The molecule has 3 N–H and O–H groups in total. The van der Waals surface area contributed by atoms with E-state index in [1.54, 1.807) is 19.1 Å². The molecule has 1 amide bonds. The number of benzene rings is 1. The van der Waals surface area contributed by atoms with Crippen LogP contribution in [-0.4, -0.2) is 17.6 Å². The number of ether oxygens (including phenoxy) is 1. The lowest BCUT2D eigenvalue weighted by Gasteiger charge is -2.26. The van der Waals surface area contributed by atoms with Crippen molar-refractivity contribution in [3.8, 4) is 5.75 Å². The van der Waals surface area contributed by atoms with Crippen molar-refractivity contribution in [2.75, 3.05) is 5.32 Å². The number of nitrogens with two attached hydrogens (primary N) is 1. The molecular formula is C16H23FN2O2. The molecule has 1 aromatic rings. The maximum Gasteiger partial charge on any atom is 0.244 e. The Kier molecular flexibility index (Phi) is 4.83. The van der Waals surface area contributed by atoms with E-state index in [1.165, 1.54) is 6.07 Å². The number of carbonyl (C=O) groups excluding carboxylic acids is 1. The summed E-state index contributed by atoms with van der Waals surface area (Å²) in [6.45, 7) is 3.64. The maximum atomic E-state index is 14.0. The number of halogens is 1. The molecule has 0 spiro atoms. The SMILES string of the molecule is CCCC(C)(N)C(=O)Nc1ccc(OC2CCC2)c(F)c1. The summed E-state index contributed by atoms with van der Waals surface area (Å²) in [6.07, 6.45) is 4.58. The summed E-state index contributed by atoms with van der Waals surface area (Å²) in [7, 11) is 0. The highest BCUT2D eigenvalue weighted by Crippen LogP contribution is 2.28. The topological polar surface area (TPSA) is 64.4 Å². The molecular weight excluding hydrogens is 271 g/mol. The fourth-order valence-electron chi connectivity index (χ4n) is 2.25. The molecule has 1 saturated carbocycles. The molecule has 1 aliphatic rings. The van der Waals surface area contributed by atoms with E-state index < -0.39 is 11.4 Å². The predicted octanol–water partition coefficient (Wildman–Crippen LogP) is 3.21. The molecule has 1 aromatic carbocycles. The summed E-state index contributed by atoms with van der Waals surface area (Å²) < 4.78 is 19.5. The summed E-state index contributed by atoms with van der Waals surface area (Å²) in [6, 6.07) is 4.46. The van der Waals surface area contributed by atoms with Crippen LogP contribution >= 0.6 is 0 Å². The molecule has 116 valence electrons. The smallest absolute Gasteiger partial charge is 0.244 e. The lowest BCUT2D eigenvalue weighted by molar-refractivity contribution is -0.120. The number of hydrogen-bond donors (Lipinski definition) is 2. The Morgan fingerprint density at radius 2 is 2.24 bits per heavy atom. The summed E-state index contributed by atoms with van der Waals surface area (Å²) >= 11 is 0. The zero-order chi connectivity index (χ0) is 15.5. The Morgan fingerprint density at radius 1 is 1.52 bits per heavy atom. The van der Waals surface area contributed by atoms with E-state index in [0.717, 1.165) is 25.7 Å². The van der Waals surface area contributed by atoms with Gasteiger partial charge in [-0.05, 0) is 44.7 Å². The van der Waals surface area contributed by atoms with E-state index in [0.29, 0.717) is 12.1 Å². The Hall–Kier alpha value is -1.62. The third-order valence-corrected chi connectivity index (χ3v) is 3.82. The van der Waals surface area contributed by atoms with Gasteiger partial charge in [0.15, 0.2) is 11.6 Å². The van der Waals surface area contributed by atoms with Gasteiger partial charge in [-0.2, -0.15) is 0 Å². The van der Waals surface area contributed by atoms with Crippen LogP contribution in [0.15, 0.2) is 18.2 Å². The zero-order valence-corrected chi connectivity index (χ0v) is 12.6. The van der Waals surface area contributed by atoms with Gasteiger partial charge >= 0.3 is 0 Å². The van der Waals surface area contributed by atoms with Crippen LogP contribution in [0.4, 0.5) is 10.1 Å². The Bertz CT molecular complexity index is 513. The van der Waals surface area contributed by atoms with E-state index in [1.807, 2.05) is 6.92 Å². The number of carbonyl (C=O) groups is 1. The van der Waals surface area contributed by atoms with Gasteiger partial charge in [-0.3, -0.25) is 4.79 Å². The molecule has 1 aliphatic carbocycles. The predicted molar refractivity (Wildman–Crippen MR) is 80.8 cm³/mol. The fraction of sp³-hybridized carbons (Fsp3) is 0.562. The van der Waals surface area contributed by atoms with Crippen molar-refractivity contribution in [2.24, 2.45) is 5.73 Å². The number of amides is 1. The molecule has 1 atom stereocenters. The van der Waals surface area contributed by atoms with Crippen molar-refractivity contribution < 1.29 is 13.9 Å². The molecule has 0 heterocycles. The van der Waals surface area contributed by atoms with Crippen molar-refractivity contribution in [3.05, 3.63) is 24.0 Å². The standard InChI is InChI=1S/C16H23FN2O2/c1-3-9-16(2,18)15(20)19-11-7-8-14(13(17)10-11)21-12-5-4-6-12/h7-8,10,12H,3-6,9,18H2,1-2H3,(H,19,20). The van der Waals surface area contributed by atoms with Gasteiger partial charge in [0.25, 0.3) is 0 Å². The zero-order valence-electron chi connectivity index (χ0n) is 12.6. The van der Waals surface area contributed by atoms with Crippen molar-refractivity contribution in [3.63, 3.8) is 0 Å². The van der Waals surface area contributed by atoms with E-state index in [4.69, 9.17) is 10.5 Å². The monoisotopic (exact) mass is 294 g/mol. The summed E-state index contributed by atoms with van der Waals surface area (Å²) in [4.78, 5) is 12.1. The lowest BCUT2D eigenvalue weighted by Crippen LogP contribution is -2.48. The Balaban J connectivity index is 2.00. The average Bonchev–Trinajstić information content (AvgIpc) is 2.35. The van der Waals surface area contributed by atoms with Crippen LogP contribution < -0.4 is 15.8 Å². The van der Waals surface area contributed by atoms with Gasteiger partial charge in [0.2, 0.25) is 5.91 Å². The Labute approximate surface area is 124 Å². The lowest BCUT2D eigenvalue weighted by atomic mass is 9.96. The first-order valence-electron chi connectivity index (χ1n) is 7.49. The highest BCUT2D eigenvalue weighted by Gasteiger charge is 2.27. The van der Waals surface area contributed by atoms with Gasteiger partial charge in [-0.15, -0.1) is 0 Å². The molecule has 1 unspecified atom stereocenters. The van der Waals surface area contributed by atoms with Crippen molar-refractivity contribution in [2.45, 2.75) is 57.6 Å². The summed E-state index contributed by atoms with van der Waals surface area (Å²) in [5.41, 5.74) is 5.39. The molecule has 0 radical (unpaired) electrons. The first-order chi connectivity index (χ1) is 9.92. The van der Waals surface area contributed by atoms with Gasteiger partial charge in [0, 0.05) is 11.8 Å². The minimum atomic E-state index is -0.952. The largest absolute Gasteiger partial charge is 0.487 e. The second-order valence-corrected chi connectivity index (χ2v) is 5.94. The first-order valence-corrected chi connectivity index (χ1v) is 7.49. The molecule has 2 rings (SSSR count). The van der Waals surface area contributed by atoms with Crippen LogP contribution in [0.3, 0.4) is 0 Å². The quantitative estimate of drug-likeness (QED) is 0.846. The minimum absolute atomic E-state index is 0.122. The summed E-state index contributed by atoms with van der Waals surface area (Å²) in [5, 5.41) is 2.66. The minimum Gasteiger partial charge on any atom is -0.487 e. The first kappa shape index (κ1) is 15.8. The van der Waals surface area contributed by atoms with Gasteiger partial charge in [0.1, 0.15) is 0 Å². The van der Waals surface area contributed by atoms with E-state index in [2.05, 4.69) is 5.32 Å². The average molecular weight is 294 g/mol. The second kappa shape index (κ2) is 6.43. The molecule has 4 nitrogen and oxygen atoms in total. The molecule has 0 aliphatic heterocycles. The number of hydrogen-bond acceptors (Lipinski definition) is 3. The van der Waals surface area contributed by atoms with Gasteiger partial charge < -0.3 is 15.8 Å². The van der Waals surface area contributed by atoms with Crippen LogP contribution in [0.5, 0.6) is 5.75 Å². The second-order valence-electron chi connectivity index (χ2n) is 5.94. The molecule has 1 fully saturated rings. The van der Waals surface area contributed by atoms with Crippen LogP contribution in [0.1, 0.15) is 46.0 Å². The fourth-order valence-corrected chi connectivity index (χ4v) is 2.25. The third kappa shape index (κ3) is 3.94. The summed E-state index contributed by atoms with van der Waals surface area (Å²) in [5.74, 6) is -0.535. The van der Waals surface area contributed by atoms with Crippen LogP contribution in [0, 0.1) is 5.82 Å². The van der Waals surface area contributed by atoms with Crippen molar-refractivity contribution >= 4 is 11.6 Å². The van der Waals surface area contributed by atoms with Gasteiger partial charge in [-0.25, -0.2) is 4.39 Å². The third-order valence-electron chi connectivity index (χ3n) is 3.82. The molecule has 0 aromatic heterocycles. The molecule has 0 bridgehead atoms. The van der Waals surface area contributed by atoms with Crippen molar-refractivity contribution in [1.82, 2.24) is 0 Å². The molecule has 0 saturated heterocycles. The molecule has 21 heavy (non-hydrogen) atoms. The highest BCUT2D eigenvalue weighted by molar-refractivity contribution is 5.97. The molecule has 5 heteroatoms. The highest BCUT2D eigenvalue weighted by atomic mass is 19.1. The van der Waals surface area contributed by atoms with Gasteiger partial charge in [0.05, 0.1) is 11.6 Å². The number of nitrogens with one attached hydrogen (secondary N) is 1. The van der Waals surface area contributed by atoms with E-state index in [-0.39, 0.29) is 17.8 Å².